The van der Waals surface area contributed by atoms with Gasteiger partial charge in [0.05, 0.1) is 10.0 Å². The zero-order valence-corrected chi connectivity index (χ0v) is 12.4. The van der Waals surface area contributed by atoms with Crippen LogP contribution in [0.2, 0.25) is 0 Å². The first kappa shape index (κ1) is 14.3. The van der Waals surface area contributed by atoms with Gasteiger partial charge >= 0.3 is 0 Å². The van der Waals surface area contributed by atoms with E-state index in [0.29, 0.717) is 4.47 Å². The van der Waals surface area contributed by atoms with Gasteiger partial charge in [-0.25, -0.2) is 13.2 Å². The average Bonchev–Trinajstić information content (AvgIpc) is 2.33. The predicted molar refractivity (Wildman–Crippen MR) is 71.6 cm³/mol. The molecular weight excluding hydrogens is 389 g/mol. The molecule has 0 unspecified atom stereocenters. The van der Waals surface area contributed by atoms with E-state index in [0.717, 1.165) is 24.3 Å². The molecule has 2 aromatic rings. The van der Waals surface area contributed by atoms with Crippen molar-refractivity contribution in [1.29, 1.82) is 0 Å². The van der Waals surface area contributed by atoms with Gasteiger partial charge in [0.15, 0.2) is 11.6 Å². The minimum atomic E-state index is -1.01. The molecule has 6 heteroatoms. The Balaban J connectivity index is 2.59. The number of benzene rings is 2. The topological polar surface area (TPSA) is 17.1 Å². The first-order chi connectivity index (χ1) is 8.90. The van der Waals surface area contributed by atoms with Gasteiger partial charge in [0.2, 0.25) is 0 Å². The lowest BCUT2D eigenvalue weighted by Crippen LogP contribution is -2.08. The lowest BCUT2D eigenvalue weighted by atomic mass is 10.0. The molecule has 0 spiro atoms. The maximum absolute atomic E-state index is 13.8. The quantitative estimate of drug-likeness (QED) is 0.526. The zero-order valence-electron chi connectivity index (χ0n) is 9.18. The fourth-order valence-corrected chi connectivity index (χ4v) is 2.36. The number of hydrogen-bond acceptors (Lipinski definition) is 1. The molecule has 0 heterocycles. The first-order valence-corrected chi connectivity index (χ1v) is 6.63. The molecule has 1 nitrogen and oxygen atoms in total. The normalized spacial score (nSPS) is 10.6. The summed E-state index contributed by atoms with van der Waals surface area (Å²) in [7, 11) is 0. The van der Waals surface area contributed by atoms with Gasteiger partial charge in [-0.05, 0) is 46.3 Å². The Bertz CT molecular complexity index is 651. The van der Waals surface area contributed by atoms with Crippen LogP contribution in [0.4, 0.5) is 13.2 Å². The standard InChI is InChI=1S/C13H5Br2F3O/c14-7-3-6(4-8(16)5-7)13(19)11-10(17)2-1-9(15)12(11)18/h1-5H. The third-order valence-corrected chi connectivity index (χ3v) is 3.47. The monoisotopic (exact) mass is 392 g/mol. The van der Waals surface area contributed by atoms with E-state index >= 15 is 0 Å². The van der Waals surface area contributed by atoms with Crippen LogP contribution in [-0.2, 0) is 0 Å². The van der Waals surface area contributed by atoms with Gasteiger partial charge in [0.1, 0.15) is 11.6 Å². The second-order valence-corrected chi connectivity index (χ2v) is 5.48. The predicted octanol–water partition coefficient (Wildman–Crippen LogP) is 4.86. The summed E-state index contributed by atoms with van der Waals surface area (Å²) in [6, 6.07) is 5.49. The fourth-order valence-electron chi connectivity index (χ4n) is 1.56. The molecule has 0 aromatic heterocycles. The number of hydrogen-bond donors (Lipinski definition) is 0. The molecule has 0 aliphatic heterocycles. The lowest BCUT2D eigenvalue weighted by molar-refractivity contribution is 0.103. The van der Waals surface area contributed by atoms with Crippen LogP contribution in [0.1, 0.15) is 15.9 Å². The molecule has 2 rings (SSSR count). The molecule has 0 N–H and O–H groups in total. The van der Waals surface area contributed by atoms with Gasteiger partial charge in [0.25, 0.3) is 0 Å². The van der Waals surface area contributed by atoms with E-state index in [1.54, 1.807) is 0 Å². The molecule has 0 amide bonds. The minimum Gasteiger partial charge on any atom is -0.288 e. The van der Waals surface area contributed by atoms with Crippen molar-refractivity contribution in [3.8, 4) is 0 Å². The van der Waals surface area contributed by atoms with Crippen molar-refractivity contribution in [2.45, 2.75) is 0 Å². The summed E-state index contributed by atoms with van der Waals surface area (Å²) in [5.41, 5.74) is -0.852. The van der Waals surface area contributed by atoms with Crippen molar-refractivity contribution in [3.05, 3.63) is 67.9 Å². The minimum absolute atomic E-state index is 0.0345. The van der Waals surface area contributed by atoms with Crippen molar-refractivity contribution < 1.29 is 18.0 Å². The summed E-state index contributed by atoms with van der Waals surface area (Å²) in [6.07, 6.45) is 0. The zero-order chi connectivity index (χ0) is 14.2. The summed E-state index contributed by atoms with van der Waals surface area (Å²) in [5, 5.41) is 0. The van der Waals surface area contributed by atoms with Gasteiger partial charge in [-0.3, -0.25) is 4.79 Å². The molecule has 0 saturated carbocycles. The number of ketones is 1. The highest BCUT2D eigenvalue weighted by Crippen LogP contribution is 2.25. The molecule has 0 aliphatic carbocycles. The summed E-state index contributed by atoms with van der Waals surface area (Å²) in [4.78, 5) is 12.1. The molecule has 0 radical (unpaired) electrons. The SMILES string of the molecule is O=C(c1cc(F)cc(Br)c1)c1c(F)ccc(Br)c1F. The van der Waals surface area contributed by atoms with Crippen molar-refractivity contribution >= 4 is 37.6 Å². The van der Waals surface area contributed by atoms with E-state index in [9.17, 15) is 18.0 Å². The highest BCUT2D eigenvalue weighted by molar-refractivity contribution is 9.10. The van der Waals surface area contributed by atoms with Gasteiger partial charge in [-0.15, -0.1) is 0 Å². The van der Waals surface area contributed by atoms with E-state index in [-0.39, 0.29) is 10.0 Å². The van der Waals surface area contributed by atoms with Crippen LogP contribution in [-0.4, -0.2) is 5.78 Å². The van der Waals surface area contributed by atoms with Crippen LogP contribution >= 0.6 is 31.9 Å². The van der Waals surface area contributed by atoms with Gasteiger partial charge < -0.3 is 0 Å². The third-order valence-electron chi connectivity index (χ3n) is 2.40. The van der Waals surface area contributed by atoms with E-state index < -0.39 is 28.8 Å². The second kappa shape index (κ2) is 5.46. The Morgan fingerprint density at radius 1 is 1.00 bits per heavy atom. The van der Waals surface area contributed by atoms with Crippen LogP contribution < -0.4 is 0 Å². The second-order valence-electron chi connectivity index (χ2n) is 3.71. The number of rotatable bonds is 2. The van der Waals surface area contributed by atoms with E-state index in [1.807, 2.05) is 0 Å². The molecule has 0 fully saturated rings. The Kier molecular flexibility index (Phi) is 4.10. The summed E-state index contributed by atoms with van der Waals surface area (Å²) >= 11 is 5.89. The van der Waals surface area contributed by atoms with E-state index in [2.05, 4.69) is 31.9 Å². The molecule has 0 atom stereocenters. The third kappa shape index (κ3) is 2.90. The molecule has 98 valence electrons. The molecular formula is C13H5Br2F3O. The van der Waals surface area contributed by atoms with Crippen LogP contribution in [0.25, 0.3) is 0 Å². The van der Waals surface area contributed by atoms with Crippen LogP contribution in [0.15, 0.2) is 39.3 Å². The number of carbonyl (C=O) groups excluding carboxylic acids is 1. The smallest absolute Gasteiger partial charge is 0.199 e. The Labute approximate surface area is 123 Å². The highest BCUT2D eigenvalue weighted by atomic mass is 79.9. The Morgan fingerprint density at radius 2 is 1.68 bits per heavy atom. The summed E-state index contributed by atoms with van der Waals surface area (Å²) < 4.78 is 40.8. The molecule has 0 saturated heterocycles. The van der Waals surface area contributed by atoms with Crippen LogP contribution in [0, 0.1) is 17.5 Å². The highest BCUT2D eigenvalue weighted by Gasteiger charge is 2.21. The van der Waals surface area contributed by atoms with Crippen molar-refractivity contribution in [1.82, 2.24) is 0 Å². The molecule has 0 bridgehead atoms. The maximum atomic E-state index is 13.8. The Hall–Kier alpha value is -1.14. The average molecular weight is 394 g/mol. The van der Waals surface area contributed by atoms with E-state index in [1.165, 1.54) is 6.07 Å². The maximum Gasteiger partial charge on any atom is 0.199 e. The summed E-state index contributed by atoms with van der Waals surface area (Å²) in [6.45, 7) is 0. The van der Waals surface area contributed by atoms with Crippen molar-refractivity contribution in [2.75, 3.05) is 0 Å². The fraction of sp³-hybridized carbons (Fsp3) is 0. The van der Waals surface area contributed by atoms with Gasteiger partial charge in [-0.1, -0.05) is 15.9 Å². The largest absolute Gasteiger partial charge is 0.288 e. The molecule has 2 aromatic carbocycles. The van der Waals surface area contributed by atoms with Crippen molar-refractivity contribution in [3.63, 3.8) is 0 Å². The Morgan fingerprint density at radius 3 is 2.32 bits per heavy atom. The number of carbonyl (C=O) groups is 1. The van der Waals surface area contributed by atoms with Gasteiger partial charge in [-0.2, -0.15) is 0 Å². The van der Waals surface area contributed by atoms with Crippen LogP contribution in [0.3, 0.4) is 0 Å². The molecule has 19 heavy (non-hydrogen) atoms. The number of halogens is 5. The van der Waals surface area contributed by atoms with Gasteiger partial charge in [0, 0.05) is 10.0 Å². The lowest BCUT2D eigenvalue weighted by Gasteiger charge is -2.06. The van der Waals surface area contributed by atoms with Crippen LogP contribution in [0.5, 0.6) is 0 Å². The molecule has 0 aliphatic rings. The van der Waals surface area contributed by atoms with Crippen molar-refractivity contribution in [2.24, 2.45) is 0 Å². The van der Waals surface area contributed by atoms with E-state index in [4.69, 9.17) is 0 Å². The first-order valence-electron chi connectivity index (χ1n) is 5.04. The summed E-state index contributed by atoms with van der Waals surface area (Å²) in [5.74, 6) is -3.60.